The quantitative estimate of drug-likeness (QED) is 0.230. The summed E-state index contributed by atoms with van der Waals surface area (Å²) in [6.45, 7) is 2.28. The number of hydrogen-bond donors (Lipinski definition) is 1. The maximum absolute atomic E-state index is 13.2. The maximum atomic E-state index is 13.2. The van der Waals surface area contributed by atoms with Crippen molar-refractivity contribution in [1.29, 1.82) is 0 Å². The van der Waals surface area contributed by atoms with Crippen LogP contribution in [-0.2, 0) is 19.7 Å². The minimum absolute atomic E-state index is 0.0221. The van der Waals surface area contributed by atoms with Crippen LogP contribution in [0.5, 0.6) is 17.2 Å². The van der Waals surface area contributed by atoms with E-state index >= 15 is 0 Å². The summed E-state index contributed by atoms with van der Waals surface area (Å²) in [5.74, 6) is -1.27. The minimum Gasteiger partial charge on any atom is -0.494 e. The van der Waals surface area contributed by atoms with Gasteiger partial charge < -0.3 is 13.7 Å². The Morgan fingerprint density at radius 1 is 1.00 bits per heavy atom. The summed E-state index contributed by atoms with van der Waals surface area (Å²) in [5, 5.41) is 2.15. The number of hydrogen-bond acceptors (Lipinski definition) is 8. The second-order valence-electron chi connectivity index (χ2n) is 7.77. The van der Waals surface area contributed by atoms with Gasteiger partial charge in [-0.1, -0.05) is 18.2 Å². The Balaban J connectivity index is 1.67. The molecule has 0 aromatic heterocycles. The molecule has 1 N–H and O–H groups in total. The molecule has 1 aliphatic heterocycles. The Hall–Kier alpha value is -4.16. The molecule has 1 aliphatic rings. The molecular formula is C26H21BrN2O8S. The van der Waals surface area contributed by atoms with E-state index in [1.54, 1.807) is 30.3 Å². The number of amides is 4. The van der Waals surface area contributed by atoms with E-state index in [0.717, 1.165) is 4.90 Å². The number of ether oxygens (including phenoxy) is 2. The number of methoxy groups -OCH3 is 1. The van der Waals surface area contributed by atoms with Crippen LogP contribution in [-0.4, -0.2) is 40.0 Å². The number of barbiturate groups is 1. The molecule has 4 rings (SSSR count). The lowest BCUT2D eigenvalue weighted by Gasteiger charge is -2.26. The van der Waals surface area contributed by atoms with Crippen LogP contribution in [0.15, 0.2) is 81.7 Å². The third-order valence-corrected chi connectivity index (χ3v) is 7.12. The number of carbonyl (C=O) groups excluding carboxylic acids is 3. The number of nitrogens with zero attached hydrogens (tertiary/aromatic N) is 1. The molecule has 0 bridgehead atoms. The highest BCUT2D eigenvalue weighted by atomic mass is 79.9. The summed E-state index contributed by atoms with van der Waals surface area (Å²) in [6, 6.07) is 15.8. The first-order valence-corrected chi connectivity index (χ1v) is 13.4. The summed E-state index contributed by atoms with van der Waals surface area (Å²) >= 11 is 3.28. The molecule has 3 aromatic rings. The first kappa shape index (κ1) is 26.9. The van der Waals surface area contributed by atoms with Gasteiger partial charge in [0.2, 0.25) is 0 Å². The average molecular weight is 601 g/mol. The minimum atomic E-state index is -4.17. The zero-order valence-corrected chi connectivity index (χ0v) is 22.5. The fraction of sp³-hybridized carbons (Fsp3) is 0.115. The molecule has 10 nitrogen and oxygen atoms in total. The van der Waals surface area contributed by atoms with Gasteiger partial charge >= 0.3 is 16.1 Å². The predicted molar refractivity (Wildman–Crippen MR) is 142 cm³/mol. The van der Waals surface area contributed by atoms with E-state index in [1.165, 1.54) is 49.6 Å². The highest BCUT2D eigenvalue weighted by molar-refractivity contribution is 9.10. The number of urea groups is 1. The summed E-state index contributed by atoms with van der Waals surface area (Å²) in [4.78, 5) is 39.0. The number of benzene rings is 3. The summed E-state index contributed by atoms with van der Waals surface area (Å²) in [7, 11) is -2.86. The highest BCUT2D eigenvalue weighted by Gasteiger charge is 2.37. The van der Waals surface area contributed by atoms with Crippen molar-refractivity contribution in [3.05, 3.63) is 82.3 Å². The lowest BCUT2D eigenvalue weighted by Crippen LogP contribution is -2.54. The third kappa shape index (κ3) is 5.55. The molecule has 0 unspecified atom stereocenters. The van der Waals surface area contributed by atoms with Crippen LogP contribution in [0.4, 0.5) is 10.5 Å². The van der Waals surface area contributed by atoms with Crippen LogP contribution in [0.25, 0.3) is 6.08 Å². The van der Waals surface area contributed by atoms with Gasteiger partial charge in [-0.2, -0.15) is 8.42 Å². The number of halogens is 1. The van der Waals surface area contributed by atoms with Crippen LogP contribution in [0.3, 0.4) is 0 Å². The molecule has 3 aromatic carbocycles. The number of rotatable bonds is 8. The van der Waals surface area contributed by atoms with Gasteiger partial charge in [0.15, 0.2) is 11.5 Å². The van der Waals surface area contributed by atoms with Gasteiger partial charge in [0.25, 0.3) is 11.8 Å². The lowest BCUT2D eigenvalue weighted by atomic mass is 10.1. The van der Waals surface area contributed by atoms with Crippen molar-refractivity contribution in [3.8, 4) is 17.2 Å². The van der Waals surface area contributed by atoms with Gasteiger partial charge in [0.05, 0.1) is 23.9 Å². The molecule has 12 heteroatoms. The number of anilines is 1. The molecule has 0 spiro atoms. The van der Waals surface area contributed by atoms with E-state index in [-0.39, 0.29) is 32.1 Å². The largest absolute Gasteiger partial charge is 0.494 e. The summed E-state index contributed by atoms with van der Waals surface area (Å²) in [5.41, 5.74) is 0.221. The predicted octanol–water partition coefficient (Wildman–Crippen LogP) is 4.29. The number of carbonyl (C=O) groups is 3. The normalized spacial score (nSPS) is 14.9. The van der Waals surface area contributed by atoms with E-state index in [9.17, 15) is 22.8 Å². The molecule has 196 valence electrons. The fourth-order valence-electron chi connectivity index (χ4n) is 3.57. The smallest absolute Gasteiger partial charge is 0.339 e. The second kappa shape index (κ2) is 11.1. The maximum Gasteiger partial charge on any atom is 0.339 e. The second-order valence-corrected chi connectivity index (χ2v) is 10.2. The zero-order valence-electron chi connectivity index (χ0n) is 20.1. The first-order valence-electron chi connectivity index (χ1n) is 11.2. The first-order chi connectivity index (χ1) is 18.1. The van der Waals surface area contributed by atoms with Crippen molar-refractivity contribution in [2.45, 2.75) is 11.8 Å². The number of nitrogens with one attached hydrogen (secondary N) is 1. The average Bonchev–Trinajstić information content (AvgIpc) is 2.89. The standard InChI is InChI=1S/C26H21BrN2O8S/c1-3-36-18-11-9-17(10-12-18)29-25(31)20(24(30)28-26(29)32)13-16-14-21(27)23(22(15-16)35-2)37-38(33,34)19-7-5-4-6-8-19/h4-15H,3H2,1-2H3,(H,28,30,32)/b20-13+. The monoisotopic (exact) mass is 600 g/mol. The summed E-state index contributed by atoms with van der Waals surface area (Å²) < 4.78 is 41.6. The molecule has 0 saturated carbocycles. The Kier molecular flexibility index (Phi) is 7.83. The lowest BCUT2D eigenvalue weighted by molar-refractivity contribution is -0.122. The van der Waals surface area contributed by atoms with Crippen LogP contribution < -0.4 is 23.9 Å². The van der Waals surface area contributed by atoms with Gasteiger partial charge in [-0.3, -0.25) is 14.9 Å². The molecule has 38 heavy (non-hydrogen) atoms. The van der Waals surface area contributed by atoms with Crippen LogP contribution in [0, 0.1) is 0 Å². The Morgan fingerprint density at radius 3 is 2.32 bits per heavy atom. The van der Waals surface area contributed by atoms with Crippen molar-refractivity contribution in [1.82, 2.24) is 5.32 Å². The van der Waals surface area contributed by atoms with Crippen molar-refractivity contribution in [3.63, 3.8) is 0 Å². The van der Waals surface area contributed by atoms with E-state index in [4.69, 9.17) is 13.7 Å². The van der Waals surface area contributed by atoms with Crippen LogP contribution >= 0.6 is 15.9 Å². The van der Waals surface area contributed by atoms with Gasteiger partial charge in [-0.05, 0) is 83.0 Å². The van der Waals surface area contributed by atoms with Gasteiger partial charge in [-0.15, -0.1) is 0 Å². The summed E-state index contributed by atoms with van der Waals surface area (Å²) in [6.07, 6.45) is 1.26. The van der Waals surface area contributed by atoms with Crippen molar-refractivity contribution < 1.29 is 36.5 Å². The molecule has 1 saturated heterocycles. The molecule has 0 atom stereocenters. The molecular weight excluding hydrogens is 580 g/mol. The molecule has 1 heterocycles. The van der Waals surface area contributed by atoms with Gasteiger partial charge in [-0.25, -0.2) is 9.69 Å². The van der Waals surface area contributed by atoms with Gasteiger partial charge in [0.1, 0.15) is 16.2 Å². The van der Waals surface area contributed by atoms with E-state index in [1.807, 2.05) is 6.92 Å². The van der Waals surface area contributed by atoms with Gasteiger partial charge in [0, 0.05) is 0 Å². The molecule has 0 aliphatic carbocycles. The topological polar surface area (TPSA) is 128 Å². The molecule has 1 fully saturated rings. The van der Waals surface area contributed by atoms with E-state index < -0.39 is 28.0 Å². The number of imide groups is 2. The van der Waals surface area contributed by atoms with E-state index in [2.05, 4.69) is 21.2 Å². The zero-order chi connectivity index (χ0) is 27.4. The van der Waals surface area contributed by atoms with Crippen molar-refractivity contribution >= 4 is 55.7 Å². The Bertz CT molecular complexity index is 1540. The third-order valence-electron chi connectivity index (χ3n) is 5.30. The molecule has 0 radical (unpaired) electrons. The molecule has 4 amide bonds. The highest BCUT2D eigenvalue weighted by Crippen LogP contribution is 2.39. The SMILES string of the molecule is CCOc1ccc(N2C(=O)NC(=O)/C(=C\c3cc(Br)c(OS(=O)(=O)c4ccccc4)c(OC)c3)C2=O)cc1. The van der Waals surface area contributed by atoms with Crippen LogP contribution in [0.1, 0.15) is 12.5 Å². The Morgan fingerprint density at radius 2 is 1.68 bits per heavy atom. The van der Waals surface area contributed by atoms with Crippen molar-refractivity contribution in [2.24, 2.45) is 0 Å². The van der Waals surface area contributed by atoms with Crippen LogP contribution in [0.2, 0.25) is 0 Å². The van der Waals surface area contributed by atoms with E-state index in [0.29, 0.717) is 17.9 Å². The van der Waals surface area contributed by atoms with Crippen molar-refractivity contribution in [2.75, 3.05) is 18.6 Å². The fourth-order valence-corrected chi connectivity index (χ4v) is 5.19. The Labute approximate surface area is 227 Å².